The number of nitrogen functional groups attached to an aromatic ring is 1. The monoisotopic (exact) mass is 430 g/mol. The summed E-state index contributed by atoms with van der Waals surface area (Å²) in [7, 11) is 0. The van der Waals surface area contributed by atoms with E-state index in [1.807, 2.05) is 54.6 Å². The Hall–Kier alpha value is -2.83. The van der Waals surface area contributed by atoms with Crippen LogP contribution in [0.15, 0.2) is 72.8 Å². The molecule has 0 spiro atoms. The Morgan fingerprint density at radius 1 is 0.935 bits per heavy atom. The third kappa shape index (κ3) is 7.74. The minimum absolute atomic E-state index is 0.172. The molecule has 3 rings (SSSR count). The number of thiophene rings is 1. The average Bonchev–Trinajstić information content (AvgIpc) is 3.12. The van der Waals surface area contributed by atoms with Gasteiger partial charge in [-0.25, -0.2) is 0 Å². The van der Waals surface area contributed by atoms with Crippen LogP contribution in [-0.4, -0.2) is 0 Å². The highest BCUT2D eigenvalue weighted by Crippen LogP contribution is 2.39. The second-order valence-electron chi connectivity index (χ2n) is 9.87. The zero-order valence-electron chi connectivity index (χ0n) is 19.6. The number of hydrogen-bond donors (Lipinski definition) is 1. The van der Waals surface area contributed by atoms with Crippen LogP contribution >= 0.6 is 11.3 Å². The van der Waals surface area contributed by atoms with Crippen LogP contribution in [0.5, 0.6) is 0 Å². The van der Waals surface area contributed by atoms with Gasteiger partial charge in [-0.1, -0.05) is 108 Å². The summed E-state index contributed by atoms with van der Waals surface area (Å²) < 4.78 is 0. The van der Waals surface area contributed by atoms with Crippen LogP contribution in [0, 0.1) is 16.7 Å². The Balaban J connectivity index is 0.000000221. The molecule has 2 nitrogen and oxygen atoms in total. The van der Waals surface area contributed by atoms with Crippen LogP contribution in [0.25, 0.3) is 16.7 Å². The number of benzene rings is 2. The van der Waals surface area contributed by atoms with Crippen LogP contribution in [0.1, 0.15) is 58.4 Å². The van der Waals surface area contributed by atoms with Gasteiger partial charge in [0.1, 0.15) is 0 Å². The van der Waals surface area contributed by atoms with Gasteiger partial charge < -0.3 is 5.73 Å². The van der Waals surface area contributed by atoms with Crippen molar-refractivity contribution in [2.45, 2.75) is 53.4 Å². The predicted octanol–water partition coefficient (Wildman–Crippen LogP) is 8.32. The molecule has 0 radical (unpaired) electrons. The third-order valence-corrected chi connectivity index (χ3v) is 6.10. The molecule has 0 bridgehead atoms. The van der Waals surface area contributed by atoms with E-state index < -0.39 is 0 Å². The van der Waals surface area contributed by atoms with Gasteiger partial charge in [-0.15, -0.1) is 11.3 Å². The van der Waals surface area contributed by atoms with Crippen molar-refractivity contribution in [3.63, 3.8) is 0 Å². The lowest BCUT2D eigenvalue weighted by Crippen LogP contribution is -2.07. The maximum absolute atomic E-state index is 9.06. The maximum atomic E-state index is 9.06. The standard InChI is InChI=1S/C14H17NS.C14H17N/c1-14(2,3)12-9-11(13(15)16-12)10-7-5-4-6-8-10;1-14(2,3)10-9-13(11-15)12-7-5-4-6-8-12/h4-9H,15H2,1-3H3;4-9H,10H2,1-3H3/b;13-9+. The molecule has 0 aliphatic carbocycles. The lowest BCUT2D eigenvalue weighted by Gasteiger charge is -2.15. The number of nitriles is 1. The Morgan fingerprint density at radius 3 is 1.94 bits per heavy atom. The summed E-state index contributed by atoms with van der Waals surface area (Å²) in [5, 5.41) is 9.97. The number of anilines is 1. The van der Waals surface area contributed by atoms with Crippen molar-refractivity contribution >= 4 is 21.9 Å². The molecule has 162 valence electrons. The SMILES string of the molecule is CC(C)(C)C/C=C(\C#N)c1ccccc1.CC(C)(C)c1cc(-c2ccccc2)c(N)s1. The minimum Gasteiger partial charge on any atom is -0.390 e. The summed E-state index contributed by atoms with van der Waals surface area (Å²) in [5.41, 5.74) is 10.6. The lowest BCUT2D eigenvalue weighted by atomic mass is 9.90. The van der Waals surface area contributed by atoms with Crippen molar-refractivity contribution in [2.75, 3.05) is 5.73 Å². The van der Waals surface area contributed by atoms with Crippen LogP contribution in [-0.2, 0) is 5.41 Å². The van der Waals surface area contributed by atoms with Crippen molar-refractivity contribution < 1.29 is 0 Å². The van der Waals surface area contributed by atoms with E-state index in [2.05, 4.69) is 65.8 Å². The highest BCUT2D eigenvalue weighted by molar-refractivity contribution is 7.16. The molecular weight excluding hydrogens is 396 g/mol. The first kappa shape index (κ1) is 24.4. The van der Waals surface area contributed by atoms with Crippen molar-refractivity contribution in [1.29, 1.82) is 5.26 Å². The van der Waals surface area contributed by atoms with Gasteiger partial charge in [-0.05, 0) is 34.4 Å². The summed E-state index contributed by atoms with van der Waals surface area (Å²) in [5.74, 6) is 0. The van der Waals surface area contributed by atoms with E-state index in [0.717, 1.165) is 28.1 Å². The summed E-state index contributed by atoms with van der Waals surface area (Å²) in [6.45, 7) is 13.2. The fourth-order valence-corrected chi connectivity index (χ4v) is 3.88. The molecule has 1 aromatic heterocycles. The molecule has 0 saturated heterocycles. The minimum atomic E-state index is 0.172. The van der Waals surface area contributed by atoms with Gasteiger partial charge >= 0.3 is 0 Å². The van der Waals surface area contributed by atoms with Gasteiger partial charge in [0.25, 0.3) is 0 Å². The number of rotatable bonds is 3. The van der Waals surface area contributed by atoms with Gasteiger partial charge in [0.15, 0.2) is 0 Å². The van der Waals surface area contributed by atoms with E-state index in [4.69, 9.17) is 11.0 Å². The molecule has 0 fully saturated rings. The van der Waals surface area contributed by atoms with Crippen LogP contribution in [0.2, 0.25) is 0 Å². The van der Waals surface area contributed by atoms with Crippen LogP contribution in [0.4, 0.5) is 5.00 Å². The first-order valence-electron chi connectivity index (χ1n) is 10.6. The molecule has 2 aromatic carbocycles. The first-order chi connectivity index (χ1) is 14.5. The zero-order chi connectivity index (χ0) is 23.1. The van der Waals surface area contributed by atoms with Gasteiger partial charge in [0.05, 0.1) is 16.6 Å². The summed E-state index contributed by atoms with van der Waals surface area (Å²) in [6.07, 6.45) is 2.94. The molecule has 1 heterocycles. The van der Waals surface area contributed by atoms with Gasteiger partial charge in [-0.2, -0.15) is 5.26 Å². The van der Waals surface area contributed by atoms with Crippen molar-refractivity contribution in [3.8, 4) is 17.2 Å². The largest absolute Gasteiger partial charge is 0.390 e. The number of nitrogens with two attached hydrogens (primary N) is 1. The molecule has 31 heavy (non-hydrogen) atoms. The van der Waals surface area contributed by atoms with E-state index in [1.165, 1.54) is 10.4 Å². The highest BCUT2D eigenvalue weighted by Gasteiger charge is 2.19. The van der Waals surface area contributed by atoms with Crippen molar-refractivity contribution in [2.24, 2.45) is 5.41 Å². The molecule has 0 aliphatic rings. The lowest BCUT2D eigenvalue weighted by molar-refractivity contribution is 0.421. The molecule has 3 aromatic rings. The molecule has 0 saturated carbocycles. The Morgan fingerprint density at radius 2 is 1.48 bits per heavy atom. The molecule has 0 atom stereocenters. The van der Waals surface area contributed by atoms with E-state index in [1.54, 1.807) is 11.3 Å². The Kier molecular flexibility index (Phi) is 8.25. The molecule has 0 aliphatic heterocycles. The third-order valence-electron chi connectivity index (χ3n) is 4.71. The first-order valence-corrected chi connectivity index (χ1v) is 11.4. The summed E-state index contributed by atoms with van der Waals surface area (Å²) in [4.78, 5) is 1.34. The van der Waals surface area contributed by atoms with Gasteiger partial charge in [0, 0.05) is 10.4 Å². The second-order valence-corrected chi connectivity index (χ2v) is 10.9. The predicted molar refractivity (Wildman–Crippen MR) is 137 cm³/mol. The molecule has 3 heteroatoms. The average molecular weight is 431 g/mol. The number of hydrogen-bond acceptors (Lipinski definition) is 3. The van der Waals surface area contributed by atoms with E-state index in [-0.39, 0.29) is 10.8 Å². The van der Waals surface area contributed by atoms with Crippen molar-refractivity contribution in [1.82, 2.24) is 0 Å². The molecule has 0 amide bonds. The topological polar surface area (TPSA) is 49.8 Å². The number of nitrogens with zero attached hydrogens (tertiary/aromatic N) is 1. The second kappa shape index (κ2) is 10.5. The van der Waals surface area contributed by atoms with Crippen LogP contribution in [0.3, 0.4) is 0 Å². The summed E-state index contributed by atoms with van der Waals surface area (Å²) in [6, 6.07) is 24.6. The van der Waals surface area contributed by atoms with E-state index in [0.29, 0.717) is 0 Å². The fourth-order valence-electron chi connectivity index (χ4n) is 2.87. The molecule has 0 unspecified atom stereocenters. The smallest absolute Gasteiger partial charge is 0.0994 e. The maximum Gasteiger partial charge on any atom is 0.0994 e. The number of allylic oxidation sites excluding steroid dienone is 2. The highest BCUT2D eigenvalue weighted by atomic mass is 32.1. The van der Waals surface area contributed by atoms with E-state index >= 15 is 0 Å². The fraction of sp³-hybridized carbons (Fsp3) is 0.321. The summed E-state index contributed by atoms with van der Waals surface area (Å²) >= 11 is 1.69. The molecule has 2 N–H and O–H groups in total. The molecular formula is C28H34N2S. The zero-order valence-corrected chi connectivity index (χ0v) is 20.4. The Labute approximate surface area is 192 Å². The quantitative estimate of drug-likeness (QED) is 0.425. The van der Waals surface area contributed by atoms with E-state index in [9.17, 15) is 0 Å². The van der Waals surface area contributed by atoms with Crippen molar-refractivity contribution in [3.05, 3.63) is 83.2 Å². The van der Waals surface area contributed by atoms with Crippen LogP contribution < -0.4 is 5.73 Å². The normalized spacial score (nSPS) is 12.0. The Bertz CT molecular complexity index is 1020. The van der Waals surface area contributed by atoms with Gasteiger partial charge in [0.2, 0.25) is 0 Å². The van der Waals surface area contributed by atoms with Gasteiger partial charge in [-0.3, -0.25) is 0 Å².